The third-order valence-electron chi connectivity index (χ3n) is 2.75. The largest absolute Gasteiger partial charge is 0.354 e. The summed E-state index contributed by atoms with van der Waals surface area (Å²) in [5.74, 6) is 0.168. The molecule has 1 fully saturated rings. The molecular formula is C10H20N2O3S. The lowest BCUT2D eigenvalue weighted by molar-refractivity contribution is -0.122. The van der Waals surface area contributed by atoms with Crippen LogP contribution < -0.4 is 10.6 Å². The minimum atomic E-state index is -2.95. The maximum Gasteiger partial charge on any atom is 0.221 e. The van der Waals surface area contributed by atoms with Gasteiger partial charge in [0.2, 0.25) is 5.91 Å². The van der Waals surface area contributed by atoms with Crippen LogP contribution >= 0.6 is 0 Å². The van der Waals surface area contributed by atoms with Gasteiger partial charge in [0.25, 0.3) is 0 Å². The summed E-state index contributed by atoms with van der Waals surface area (Å²) >= 11 is 0. The highest BCUT2D eigenvalue weighted by Gasteiger charge is 2.26. The molecule has 94 valence electrons. The zero-order chi connectivity index (χ0) is 12.2. The van der Waals surface area contributed by atoms with Crippen LogP contribution in [0.1, 0.15) is 26.7 Å². The van der Waals surface area contributed by atoms with Crippen molar-refractivity contribution in [3.05, 3.63) is 0 Å². The molecule has 5 nitrogen and oxygen atoms in total. The monoisotopic (exact) mass is 248 g/mol. The molecular weight excluding hydrogens is 228 g/mol. The van der Waals surface area contributed by atoms with Crippen molar-refractivity contribution in [2.24, 2.45) is 0 Å². The molecule has 0 bridgehead atoms. The van der Waals surface area contributed by atoms with E-state index in [4.69, 9.17) is 0 Å². The van der Waals surface area contributed by atoms with Crippen molar-refractivity contribution in [1.82, 2.24) is 10.6 Å². The first-order valence-corrected chi connectivity index (χ1v) is 7.48. The third kappa shape index (κ3) is 4.49. The molecule has 2 atom stereocenters. The van der Waals surface area contributed by atoms with Crippen molar-refractivity contribution in [2.75, 3.05) is 18.1 Å². The number of carbonyl (C=O) groups excluding carboxylic acids is 1. The minimum absolute atomic E-state index is 0.0704. The fourth-order valence-electron chi connectivity index (χ4n) is 1.66. The van der Waals surface area contributed by atoms with Crippen LogP contribution in [0.4, 0.5) is 0 Å². The molecule has 1 rings (SSSR count). The van der Waals surface area contributed by atoms with Crippen LogP contribution in [0.15, 0.2) is 0 Å². The van der Waals surface area contributed by atoms with Gasteiger partial charge in [-0.15, -0.1) is 0 Å². The van der Waals surface area contributed by atoms with Crippen molar-refractivity contribution >= 4 is 15.7 Å². The van der Waals surface area contributed by atoms with E-state index in [1.165, 1.54) is 0 Å². The number of nitrogens with one attached hydrogen (secondary N) is 2. The van der Waals surface area contributed by atoms with Gasteiger partial charge in [-0.25, -0.2) is 8.42 Å². The Morgan fingerprint density at radius 1 is 1.56 bits per heavy atom. The van der Waals surface area contributed by atoms with Crippen molar-refractivity contribution in [2.45, 2.75) is 38.8 Å². The number of hydrogen-bond donors (Lipinski definition) is 2. The van der Waals surface area contributed by atoms with Crippen molar-refractivity contribution < 1.29 is 13.2 Å². The van der Waals surface area contributed by atoms with E-state index in [1.54, 1.807) is 0 Å². The quantitative estimate of drug-likeness (QED) is 0.715. The third-order valence-corrected chi connectivity index (χ3v) is 4.49. The molecule has 0 aromatic carbocycles. The molecule has 1 aliphatic heterocycles. The van der Waals surface area contributed by atoms with E-state index in [2.05, 4.69) is 10.6 Å². The summed E-state index contributed by atoms with van der Waals surface area (Å²) in [6, 6.07) is -0.0875. The van der Waals surface area contributed by atoms with Crippen LogP contribution in [0, 0.1) is 0 Å². The molecule has 0 aliphatic carbocycles. The van der Waals surface area contributed by atoms with E-state index in [9.17, 15) is 13.2 Å². The first kappa shape index (κ1) is 13.4. The molecule has 0 aromatic heterocycles. The van der Waals surface area contributed by atoms with Gasteiger partial charge >= 0.3 is 0 Å². The summed E-state index contributed by atoms with van der Waals surface area (Å²) in [4.78, 5) is 11.5. The Morgan fingerprint density at radius 3 is 2.81 bits per heavy atom. The lowest BCUT2D eigenvalue weighted by Gasteiger charge is -2.23. The fraction of sp³-hybridized carbons (Fsp3) is 0.900. The standard InChI is InChI=1S/C10H20N2O3S/c1-3-8(2)12-10(13)6-9-7-16(14,15)5-4-11-9/h8-9,11H,3-7H2,1-2H3,(H,12,13). The van der Waals surface area contributed by atoms with Crippen LogP contribution in [0.3, 0.4) is 0 Å². The number of amides is 1. The maximum absolute atomic E-state index is 11.5. The van der Waals surface area contributed by atoms with E-state index in [-0.39, 0.29) is 35.9 Å². The molecule has 0 radical (unpaired) electrons. The van der Waals surface area contributed by atoms with Gasteiger partial charge in [-0.1, -0.05) is 6.92 Å². The molecule has 16 heavy (non-hydrogen) atoms. The zero-order valence-electron chi connectivity index (χ0n) is 9.82. The second-order valence-electron chi connectivity index (χ2n) is 4.35. The molecule has 2 unspecified atom stereocenters. The molecule has 0 spiro atoms. The highest BCUT2D eigenvalue weighted by molar-refractivity contribution is 7.91. The molecule has 1 amide bonds. The Labute approximate surface area is 96.9 Å². The predicted molar refractivity (Wildman–Crippen MR) is 63.0 cm³/mol. The Balaban J connectivity index is 2.39. The number of hydrogen-bond acceptors (Lipinski definition) is 4. The fourth-order valence-corrected chi connectivity index (χ4v) is 3.10. The van der Waals surface area contributed by atoms with Crippen LogP contribution in [-0.4, -0.2) is 44.5 Å². The number of carbonyl (C=O) groups is 1. The average Bonchev–Trinajstić information content (AvgIpc) is 2.15. The molecule has 0 aromatic rings. The molecule has 6 heteroatoms. The Kier molecular flexibility index (Phi) is 4.73. The summed E-state index contributed by atoms with van der Waals surface area (Å²) in [7, 11) is -2.95. The normalized spacial score (nSPS) is 26.0. The van der Waals surface area contributed by atoms with E-state index >= 15 is 0 Å². The summed E-state index contributed by atoms with van der Waals surface area (Å²) in [6.45, 7) is 4.38. The van der Waals surface area contributed by atoms with E-state index in [1.807, 2.05) is 13.8 Å². The Morgan fingerprint density at radius 2 is 2.25 bits per heavy atom. The van der Waals surface area contributed by atoms with Crippen molar-refractivity contribution in [3.63, 3.8) is 0 Å². The number of rotatable bonds is 4. The van der Waals surface area contributed by atoms with E-state index in [0.29, 0.717) is 6.54 Å². The van der Waals surface area contributed by atoms with Gasteiger partial charge in [0.15, 0.2) is 9.84 Å². The van der Waals surface area contributed by atoms with Crippen molar-refractivity contribution in [1.29, 1.82) is 0 Å². The van der Waals surface area contributed by atoms with Crippen LogP contribution in [-0.2, 0) is 14.6 Å². The van der Waals surface area contributed by atoms with E-state index in [0.717, 1.165) is 6.42 Å². The second kappa shape index (κ2) is 5.63. The summed E-state index contributed by atoms with van der Waals surface area (Å²) in [5, 5.41) is 5.89. The van der Waals surface area contributed by atoms with Crippen LogP contribution in [0.25, 0.3) is 0 Å². The maximum atomic E-state index is 11.5. The summed E-state index contributed by atoms with van der Waals surface area (Å²) < 4.78 is 22.7. The zero-order valence-corrected chi connectivity index (χ0v) is 10.6. The van der Waals surface area contributed by atoms with Crippen molar-refractivity contribution in [3.8, 4) is 0 Å². The SMILES string of the molecule is CCC(C)NC(=O)CC1CS(=O)(=O)CCN1. The Bertz CT molecular complexity index is 340. The van der Waals surface area contributed by atoms with Gasteiger partial charge in [0, 0.05) is 25.0 Å². The average molecular weight is 248 g/mol. The van der Waals surface area contributed by atoms with Gasteiger partial charge in [-0.2, -0.15) is 0 Å². The number of sulfone groups is 1. The predicted octanol–water partition coefficient (Wildman–Crippen LogP) is -0.322. The Hall–Kier alpha value is -0.620. The molecule has 1 heterocycles. The van der Waals surface area contributed by atoms with Gasteiger partial charge in [-0.05, 0) is 13.3 Å². The first-order chi connectivity index (χ1) is 7.43. The molecule has 2 N–H and O–H groups in total. The van der Waals surface area contributed by atoms with Gasteiger partial charge in [0.05, 0.1) is 11.5 Å². The lowest BCUT2D eigenvalue weighted by Crippen LogP contribution is -2.48. The minimum Gasteiger partial charge on any atom is -0.354 e. The molecule has 1 aliphatic rings. The van der Waals surface area contributed by atoms with E-state index < -0.39 is 9.84 Å². The van der Waals surface area contributed by atoms with Crippen LogP contribution in [0.2, 0.25) is 0 Å². The van der Waals surface area contributed by atoms with Gasteiger partial charge in [0.1, 0.15) is 0 Å². The summed E-state index contributed by atoms with van der Waals surface area (Å²) in [6.07, 6.45) is 1.12. The summed E-state index contributed by atoms with van der Waals surface area (Å²) in [5.41, 5.74) is 0. The van der Waals surface area contributed by atoms with Gasteiger partial charge in [-0.3, -0.25) is 4.79 Å². The van der Waals surface area contributed by atoms with Crippen LogP contribution in [0.5, 0.6) is 0 Å². The molecule has 0 saturated carbocycles. The highest BCUT2D eigenvalue weighted by Crippen LogP contribution is 2.05. The smallest absolute Gasteiger partial charge is 0.221 e. The first-order valence-electron chi connectivity index (χ1n) is 5.66. The second-order valence-corrected chi connectivity index (χ2v) is 6.58. The van der Waals surface area contributed by atoms with Gasteiger partial charge < -0.3 is 10.6 Å². The highest BCUT2D eigenvalue weighted by atomic mass is 32.2. The molecule has 1 saturated heterocycles. The topological polar surface area (TPSA) is 75.3 Å². The lowest BCUT2D eigenvalue weighted by atomic mass is 10.2.